The second kappa shape index (κ2) is 7.17. The Kier molecular flexibility index (Phi) is 5.87. The molecule has 1 N–H and O–H groups in total. The molecule has 17 heavy (non-hydrogen) atoms. The van der Waals surface area contributed by atoms with Gasteiger partial charge in [-0.1, -0.05) is 19.3 Å². The Hall–Kier alpha value is 0.490. The van der Waals surface area contributed by atoms with Crippen molar-refractivity contribution in [2.75, 3.05) is 5.75 Å². The summed E-state index contributed by atoms with van der Waals surface area (Å²) in [5, 5.41) is 12.9. The van der Waals surface area contributed by atoms with E-state index in [1.165, 1.54) is 37.0 Å². The molecule has 96 valence electrons. The van der Waals surface area contributed by atoms with E-state index in [1.807, 2.05) is 11.8 Å². The number of thioether (sulfide) groups is 1. The van der Waals surface area contributed by atoms with Gasteiger partial charge in [-0.05, 0) is 34.8 Å². The third-order valence-electron chi connectivity index (χ3n) is 3.14. The van der Waals surface area contributed by atoms with Crippen molar-refractivity contribution in [3.63, 3.8) is 0 Å². The third kappa shape index (κ3) is 4.93. The third-order valence-corrected chi connectivity index (χ3v) is 6.38. The van der Waals surface area contributed by atoms with Gasteiger partial charge in [0.15, 0.2) is 0 Å². The summed E-state index contributed by atoms with van der Waals surface area (Å²) >= 11 is 7.14. The predicted molar refractivity (Wildman–Crippen MR) is 81.1 cm³/mol. The van der Waals surface area contributed by atoms with Gasteiger partial charge < -0.3 is 5.11 Å². The van der Waals surface area contributed by atoms with Crippen molar-refractivity contribution in [1.82, 2.24) is 0 Å². The number of thiophene rings is 1. The maximum Gasteiger partial charge on any atom is 0.0678 e. The Morgan fingerprint density at radius 1 is 1.41 bits per heavy atom. The molecule has 1 aliphatic rings. The highest BCUT2D eigenvalue weighted by Crippen LogP contribution is 2.29. The summed E-state index contributed by atoms with van der Waals surface area (Å²) in [5.74, 6) is 0.889. The van der Waals surface area contributed by atoms with Crippen LogP contribution in [-0.4, -0.2) is 22.2 Å². The molecule has 1 aromatic rings. The van der Waals surface area contributed by atoms with Crippen LogP contribution in [0.3, 0.4) is 0 Å². The molecule has 0 amide bonds. The van der Waals surface area contributed by atoms with Crippen molar-refractivity contribution in [3.05, 3.63) is 20.8 Å². The van der Waals surface area contributed by atoms with E-state index in [0.29, 0.717) is 0 Å². The lowest BCUT2D eigenvalue weighted by Gasteiger charge is -2.22. The molecule has 1 fully saturated rings. The summed E-state index contributed by atoms with van der Waals surface area (Å²) in [6, 6.07) is 2.11. The molecule has 0 radical (unpaired) electrons. The molecule has 1 nitrogen and oxygen atoms in total. The average molecular weight is 335 g/mol. The lowest BCUT2D eigenvalue weighted by atomic mass is 10.0. The second-order valence-corrected chi connectivity index (χ2v) is 7.93. The van der Waals surface area contributed by atoms with Crippen LogP contribution in [-0.2, 0) is 6.42 Å². The molecule has 2 rings (SSSR count). The summed E-state index contributed by atoms with van der Waals surface area (Å²) in [6.45, 7) is 0. The summed E-state index contributed by atoms with van der Waals surface area (Å²) in [4.78, 5) is 1.27. The molecular weight excluding hydrogens is 316 g/mol. The van der Waals surface area contributed by atoms with Crippen LogP contribution >= 0.6 is 39.0 Å². The molecule has 4 heteroatoms. The zero-order valence-corrected chi connectivity index (χ0v) is 13.1. The summed E-state index contributed by atoms with van der Waals surface area (Å²) in [6.07, 6.45) is 7.48. The van der Waals surface area contributed by atoms with Gasteiger partial charge in [0.1, 0.15) is 0 Å². The minimum absolute atomic E-state index is 0.188. The molecule has 1 saturated carbocycles. The van der Waals surface area contributed by atoms with Crippen molar-refractivity contribution in [2.24, 2.45) is 0 Å². The first kappa shape index (κ1) is 13.9. The normalized spacial score (nSPS) is 19.4. The molecule has 1 aliphatic carbocycles. The molecule has 0 aromatic carbocycles. The quantitative estimate of drug-likeness (QED) is 0.856. The maximum atomic E-state index is 10.0. The Labute approximate surface area is 120 Å². The zero-order valence-electron chi connectivity index (χ0n) is 9.90. The highest BCUT2D eigenvalue weighted by molar-refractivity contribution is 9.10. The van der Waals surface area contributed by atoms with Crippen LogP contribution in [0, 0.1) is 0 Å². The van der Waals surface area contributed by atoms with Gasteiger partial charge in [-0.3, -0.25) is 0 Å². The largest absolute Gasteiger partial charge is 0.392 e. The second-order valence-electron chi connectivity index (χ2n) is 4.68. The standard InChI is InChI=1S/C13H19BrOS2/c14-10-6-13(16-8-10)7-11(15)9-17-12-4-2-1-3-5-12/h6,8,11-12,15H,1-5,7,9H2. The summed E-state index contributed by atoms with van der Waals surface area (Å²) in [5.41, 5.74) is 0. The smallest absolute Gasteiger partial charge is 0.0678 e. The number of aliphatic hydroxyl groups excluding tert-OH is 1. The Balaban J connectivity index is 1.68. The lowest BCUT2D eigenvalue weighted by Crippen LogP contribution is -2.17. The minimum Gasteiger partial charge on any atom is -0.392 e. The molecule has 1 atom stereocenters. The van der Waals surface area contributed by atoms with E-state index in [9.17, 15) is 5.11 Å². The Bertz CT molecular complexity index is 334. The minimum atomic E-state index is -0.188. The van der Waals surface area contributed by atoms with Crippen LogP contribution in [0.25, 0.3) is 0 Å². The number of halogens is 1. The monoisotopic (exact) mass is 334 g/mol. The molecule has 1 heterocycles. The van der Waals surface area contributed by atoms with Gasteiger partial charge in [0, 0.05) is 32.2 Å². The van der Waals surface area contributed by atoms with Crippen LogP contribution in [0.1, 0.15) is 37.0 Å². The molecular formula is C13H19BrOS2. The molecule has 0 saturated heterocycles. The summed E-state index contributed by atoms with van der Waals surface area (Å²) < 4.78 is 1.13. The van der Waals surface area contributed by atoms with E-state index in [1.54, 1.807) is 11.3 Å². The van der Waals surface area contributed by atoms with Crippen LogP contribution in [0.4, 0.5) is 0 Å². The van der Waals surface area contributed by atoms with E-state index in [-0.39, 0.29) is 6.10 Å². The van der Waals surface area contributed by atoms with Crippen molar-refractivity contribution in [2.45, 2.75) is 49.9 Å². The van der Waals surface area contributed by atoms with Gasteiger partial charge in [0.05, 0.1) is 6.10 Å². The fourth-order valence-electron chi connectivity index (χ4n) is 2.23. The van der Waals surface area contributed by atoms with Crippen LogP contribution in [0.5, 0.6) is 0 Å². The van der Waals surface area contributed by atoms with E-state index in [0.717, 1.165) is 21.9 Å². The predicted octanol–water partition coefficient (Wildman–Crippen LogP) is 4.48. The molecule has 1 unspecified atom stereocenters. The first-order valence-electron chi connectivity index (χ1n) is 6.26. The van der Waals surface area contributed by atoms with Crippen LogP contribution < -0.4 is 0 Å². The fourth-order valence-corrected chi connectivity index (χ4v) is 5.03. The maximum absolute atomic E-state index is 10.0. The molecule has 0 spiro atoms. The van der Waals surface area contributed by atoms with Crippen LogP contribution in [0.15, 0.2) is 15.9 Å². The number of hydrogen-bond donors (Lipinski definition) is 1. The number of aliphatic hydroxyl groups is 1. The molecule has 1 aromatic heterocycles. The Morgan fingerprint density at radius 2 is 2.18 bits per heavy atom. The van der Waals surface area contributed by atoms with Gasteiger partial charge in [0.25, 0.3) is 0 Å². The van der Waals surface area contributed by atoms with Crippen LogP contribution in [0.2, 0.25) is 0 Å². The highest BCUT2D eigenvalue weighted by Gasteiger charge is 2.16. The van der Waals surface area contributed by atoms with Crippen molar-refractivity contribution >= 4 is 39.0 Å². The van der Waals surface area contributed by atoms with Crippen molar-refractivity contribution in [3.8, 4) is 0 Å². The lowest BCUT2D eigenvalue weighted by molar-refractivity contribution is 0.201. The highest BCUT2D eigenvalue weighted by atomic mass is 79.9. The van der Waals surface area contributed by atoms with Gasteiger partial charge in [0.2, 0.25) is 0 Å². The SMILES string of the molecule is OC(CSC1CCCCC1)Cc1cc(Br)cs1. The van der Waals surface area contributed by atoms with Gasteiger partial charge in [-0.15, -0.1) is 11.3 Å². The summed E-state index contributed by atoms with van der Waals surface area (Å²) in [7, 11) is 0. The van der Waals surface area contributed by atoms with Crippen molar-refractivity contribution in [1.29, 1.82) is 0 Å². The van der Waals surface area contributed by atoms with E-state index < -0.39 is 0 Å². The number of rotatable bonds is 5. The molecule has 0 bridgehead atoms. The number of hydrogen-bond acceptors (Lipinski definition) is 3. The van der Waals surface area contributed by atoms with Gasteiger partial charge >= 0.3 is 0 Å². The first-order valence-corrected chi connectivity index (χ1v) is 8.99. The van der Waals surface area contributed by atoms with Crippen molar-refractivity contribution < 1.29 is 5.11 Å². The van der Waals surface area contributed by atoms with E-state index in [2.05, 4.69) is 27.4 Å². The fraction of sp³-hybridized carbons (Fsp3) is 0.692. The first-order chi connectivity index (χ1) is 8.24. The average Bonchev–Trinajstić information content (AvgIpc) is 2.73. The molecule has 0 aliphatic heterocycles. The van der Waals surface area contributed by atoms with E-state index in [4.69, 9.17) is 0 Å². The zero-order chi connectivity index (χ0) is 12.1. The van der Waals surface area contributed by atoms with E-state index >= 15 is 0 Å². The Morgan fingerprint density at radius 3 is 2.82 bits per heavy atom. The van der Waals surface area contributed by atoms with Gasteiger partial charge in [-0.25, -0.2) is 0 Å². The van der Waals surface area contributed by atoms with Gasteiger partial charge in [-0.2, -0.15) is 11.8 Å². The topological polar surface area (TPSA) is 20.2 Å².